The zero-order valence-electron chi connectivity index (χ0n) is 19.0. The minimum Gasteiger partial charge on any atom is -0.462 e. The molecule has 0 fully saturated rings. The molecule has 0 aromatic rings. The third-order valence-electron chi connectivity index (χ3n) is 3.31. The van der Waals surface area contributed by atoms with Gasteiger partial charge in [0.2, 0.25) is 0 Å². The Morgan fingerprint density at radius 2 is 1.59 bits per heavy atom. The highest BCUT2D eigenvalue weighted by Crippen LogP contribution is 2.19. The zero-order chi connectivity index (χ0) is 22.8. The molecule has 0 aliphatic carbocycles. The molecule has 0 saturated carbocycles. The van der Waals surface area contributed by atoms with Crippen molar-refractivity contribution < 1.29 is 33.3 Å². The Morgan fingerprint density at radius 1 is 1.00 bits per heavy atom. The first-order valence-electron chi connectivity index (χ1n) is 9.41. The van der Waals surface area contributed by atoms with Crippen LogP contribution in [0, 0.1) is 16.9 Å². The van der Waals surface area contributed by atoms with Crippen molar-refractivity contribution in [2.75, 3.05) is 13.7 Å². The molecule has 3 atom stereocenters. The fraction of sp³-hybridized carbons (Fsp3) is 0.667. The lowest BCUT2D eigenvalue weighted by atomic mass is 9.97. The second-order valence-corrected chi connectivity index (χ2v) is 13.4. The average Bonchev–Trinajstić information content (AvgIpc) is 2.55. The molecule has 0 N–H and O–H groups in total. The van der Waals surface area contributed by atoms with Gasteiger partial charge in [0.1, 0.15) is 20.8 Å². The number of methoxy groups -OCH3 is 1. The second-order valence-electron chi connectivity index (χ2n) is 8.63. The van der Waals surface area contributed by atoms with Gasteiger partial charge in [0, 0.05) is 21.0 Å². The van der Waals surface area contributed by atoms with E-state index in [9.17, 15) is 14.4 Å². The third kappa shape index (κ3) is 12.9. The summed E-state index contributed by atoms with van der Waals surface area (Å²) in [6, 6.07) is 0. The van der Waals surface area contributed by atoms with Crippen molar-refractivity contribution in [1.29, 1.82) is 0 Å². The Labute approximate surface area is 175 Å². The summed E-state index contributed by atoms with van der Waals surface area (Å²) in [5.41, 5.74) is 2.43. The van der Waals surface area contributed by atoms with E-state index in [0.717, 1.165) is 0 Å². The largest absolute Gasteiger partial charge is 0.462 e. The molecule has 0 aromatic heterocycles. The fourth-order valence-electron chi connectivity index (χ4n) is 1.82. The van der Waals surface area contributed by atoms with Crippen molar-refractivity contribution in [3.8, 4) is 11.5 Å². The van der Waals surface area contributed by atoms with Gasteiger partial charge >= 0.3 is 17.9 Å². The van der Waals surface area contributed by atoms with Crippen molar-refractivity contribution in [3.63, 3.8) is 0 Å². The lowest BCUT2D eigenvalue weighted by Gasteiger charge is -2.27. The first-order valence-corrected chi connectivity index (χ1v) is 12.9. The summed E-state index contributed by atoms with van der Waals surface area (Å²) in [5.74, 6) is 1.42. The highest BCUT2D eigenvalue weighted by atomic mass is 28.3. The van der Waals surface area contributed by atoms with Crippen LogP contribution in [-0.2, 0) is 33.3 Å². The van der Waals surface area contributed by atoms with Gasteiger partial charge in [-0.2, -0.15) is 0 Å². The molecule has 29 heavy (non-hydrogen) atoms. The van der Waals surface area contributed by atoms with Gasteiger partial charge in [-0.15, -0.1) is 5.54 Å². The van der Waals surface area contributed by atoms with Crippen molar-refractivity contribution >= 4 is 26.0 Å². The summed E-state index contributed by atoms with van der Waals surface area (Å²) in [5, 5.41) is 0. The number of carbonyl (C=O) groups is 3. The van der Waals surface area contributed by atoms with Crippen LogP contribution >= 0.6 is 0 Å². The minimum atomic E-state index is -1.60. The van der Waals surface area contributed by atoms with Crippen LogP contribution in [0.15, 0.2) is 12.2 Å². The molecule has 164 valence electrons. The average molecular weight is 427 g/mol. The number of rotatable bonds is 8. The molecule has 0 bridgehead atoms. The standard InChI is InChI=1S/C21H34O7Si/c1-15(22)26-14-19(28-20(24)21(3,4)5)18(27-16(2)23)11-10-17(25-6)12-13-29(7,8)9/h10-11,17-19H,14H2,1-9H3/b11-10+/t17?,18-,19+/m0/s1. The Kier molecular flexibility index (Phi) is 10.9. The topological polar surface area (TPSA) is 88.1 Å². The van der Waals surface area contributed by atoms with E-state index in [1.54, 1.807) is 32.9 Å². The lowest BCUT2D eigenvalue weighted by molar-refractivity contribution is -0.176. The van der Waals surface area contributed by atoms with Crippen LogP contribution in [0.5, 0.6) is 0 Å². The zero-order valence-corrected chi connectivity index (χ0v) is 20.0. The number of carbonyl (C=O) groups excluding carboxylic acids is 3. The summed E-state index contributed by atoms with van der Waals surface area (Å²) in [6.07, 6.45) is 0.676. The van der Waals surface area contributed by atoms with Gasteiger partial charge in [-0.05, 0) is 32.9 Å². The van der Waals surface area contributed by atoms with Crippen LogP contribution in [0.2, 0.25) is 19.6 Å². The van der Waals surface area contributed by atoms with Gasteiger partial charge in [0.25, 0.3) is 0 Å². The Morgan fingerprint density at radius 3 is 2.00 bits per heavy atom. The first-order chi connectivity index (χ1) is 13.2. The lowest BCUT2D eigenvalue weighted by Crippen LogP contribution is -2.40. The molecule has 0 rings (SSSR count). The summed E-state index contributed by atoms with van der Waals surface area (Å²) in [7, 11) is -0.0772. The van der Waals surface area contributed by atoms with Gasteiger partial charge in [0.15, 0.2) is 12.2 Å². The molecule has 0 aliphatic heterocycles. The van der Waals surface area contributed by atoms with Crippen molar-refractivity contribution in [2.45, 2.75) is 72.6 Å². The van der Waals surface area contributed by atoms with Gasteiger partial charge in [-0.1, -0.05) is 25.6 Å². The van der Waals surface area contributed by atoms with E-state index < -0.39 is 49.7 Å². The van der Waals surface area contributed by atoms with E-state index in [1.807, 2.05) is 0 Å². The van der Waals surface area contributed by atoms with E-state index in [2.05, 4.69) is 31.1 Å². The molecule has 0 saturated heterocycles. The predicted octanol–water partition coefficient (Wildman–Crippen LogP) is 2.89. The van der Waals surface area contributed by atoms with E-state index in [-0.39, 0.29) is 6.61 Å². The molecule has 0 amide bonds. The van der Waals surface area contributed by atoms with E-state index in [4.69, 9.17) is 18.9 Å². The number of ether oxygens (including phenoxy) is 4. The number of hydrogen-bond donors (Lipinski definition) is 0. The SMILES string of the molecule is COC(C#C[Si](C)(C)C)/C=C/[C@H](OC(C)=O)[C@@H](COC(C)=O)OC(=O)C(C)(C)C. The molecule has 8 heteroatoms. The third-order valence-corrected chi connectivity index (χ3v) is 4.20. The summed E-state index contributed by atoms with van der Waals surface area (Å²) in [6.45, 7) is 13.7. The van der Waals surface area contributed by atoms with Gasteiger partial charge in [-0.3, -0.25) is 14.4 Å². The van der Waals surface area contributed by atoms with Crippen LogP contribution in [-0.4, -0.2) is 58.0 Å². The highest BCUT2D eigenvalue weighted by Gasteiger charge is 2.32. The van der Waals surface area contributed by atoms with Crippen LogP contribution in [0.25, 0.3) is 0 Å². The van der Waals surface area contributed by atoms with Crippen LogP contribution < -0.4 is 0 Å². The van der Waals surface area contributed by atoms with Crippen LogP contribution in [0.4, 0.5) is 0 Å². The number of esters is 3. The molecule has 0 spiro atoms. The maximum absolute atomic E-state index is 12.3. The van der Waals surface area contributed by atoms with Crippen molar-refractivity contribution in [2.24, 2.45) is 5.41 Å². The second kappa shape index (κ2) is 11.8. The molecular weight excluding hydrogens is 392 g/mol. The van der Waals surface area contributed by atoms with Crippen LogP contribution in [0.3, 0.4) is 0 Å². The van der Waals surface area contributed by atoms with Crippen molar-refractivity contribution in [1.82, 2.24) is 0 Å². The van der Waals surface area contributed by atoms with E-state index >= 15 is 0 Å². The smallest absolute Gasteiger partial charge is 0.311 e. The normalized spacial score (nSPS) is 14.9. The summed E-state index contributed by atoms with van der Waals surface area (Å²) < 4.78 is 21.2. The Hall–Kier alpha value is -2.11. The van der Waals surface area contributed by atoms with Gasteiger partial charge in [0.05, 0.1) is 5.41 Å². The Bertz CT molecular complexity index is 659. The summed E-state index contributed by atoms with van der Waals surface area (Å²) in [4.78, 5) is 35.2. The van der Waals surface area contributed by atoms with Crippen molar-refractivity contribution in [3.05, 3.63) is 12.2 Å². The summed E-state index contributed by atoms with van der Waals surface area (Å²) >= 11 is 0. The molecule has 0 heterocycles. The van der Waals surface area contributed by atoms with Crippen LogP contribution in [0.1, 0.15) is 34.6 Å². The maximum atomic E-state index is 12.3. The molecule has 0 aliphatic rings. The maximum Gasteiger partial charge on any atom is 0.311 e. The minimum absolute atomic E-state index is 0.252. The van der Waals surface area contributed by atoms with Gasteiger partial charge in [-0.25, -0.2) is 0 Å². The molecule has 0 radical (unpaired) electrons. The van der Waals surface area contributed by atoms with E-state index in [1.165, 1.54) is 21.0 Å². The first kappa shape index (κ1) is 26.9. The Balaban J connectivity index is 5.72. The molecule has 7 nitrogen and oxygen atoms in total. The highest BCUT2D eigenvalue weighted by molar-refractivity contribution is 6.83. The molecule has 1 unspecified atom stereocenters. The van der Waals surface area contributed by atoms with E-state index in [0.29, 0.717) is 0 Å². The fourth-order valence-corrected chi connectivity index (χ4v) is 2.40. The quantitative estimate of drug-likeness (QED) is 0.194. The monoisotopic (exact) mass is 426 g/mol. The number of hydrogen-bond acceptors (Lipinski definition) is 7. The molecule has 0 aromatic carbocycles. The van der Waals surface area contributed by atoms with Gasteiger partial charge < -0.3 is 18.9 Å². The molecular formula is C21H34O7Si. The predicted molar refractivity (Wildman–Crippen MR) is 113 cm³/mol.